The van der Waals surface area contributed by atoms with E-state index in [2.05, 4.69) is 64.3 Å². The summed E-state index contributed by atoms with van der Waals surface area (Å²) in [6.45, 7) is 8.95. The second kappa shape index (κ2) is 11.4. The molecule has 0 aliphatic carbocycles. The van der Waals surface area contributed by atoms with Crippen molar-refractivity contribution in [3.8, 4) is 5.75 Å². The summed E-state index contributed by atoms with van der Waals surface area (Å²) in [6, 6.07) is 16.9. The molecule has 1 atom stereocenters. The van der Waals surface area contributed by atoms with Crippen LogP contribution in [-0.4, -0.2) is 54.2 Å². The van der Waals surface area contributed by atoms with Gasteiger partial charge in [0.05, 0.1) is 6.10 Å². The summed E-state index contributed by atoms with van der Waals surface area (Å²) in [5, 5.41) is 3.17. The molecule has 2 aliphatic heterocycles. The highest BCUT2D eigenvalue weighted by molar-refractivity contribution is 9.10. The van der Waals surface area contributed by atoms with E-state index in [9.17, 15) is 4.79 Å². The quantitative estimate of drug-likeness (QED) is 0.483. The van der Waals surface area contributed by atoms with Gasteiger partial charge in [0.15, 0.2) is 0 Å². The molecule has 1 unspecified atom stereocenters. The van der Waals surface area contributed by atoms with Gasteiger partial charge in [0.25, 0.3) is 0 Å². The van der Waals surface area contributed by atoms with Crippen LogP contribution in [0.1, 0.15) is 44.2 Å². The van der Waals surface area contributed by atoms with Crippen molar-refractivity contribution in [1.29, 1.82) is 0 Å². The Balaban J connectivity index is 1.19. The molecule has 2 aliphatic rings. The zero-order chi connectivity index (χ0) is 23.2. The average Bonchev–Trinajstić information content (AvgIpc) is 3.15. The molecule has 6 heteroatoms. The molecular weight excluding hydrogens is 478 g/mol. The lowest BCUT2D eigenvalue weighted by molar-refractivity contribution is 0.177. The topological polar surface area (TPSA) is 44.8 Å². The second-order valence-electron chi connectivity index (χ2n) is 9.71. The van der Waals surface area contributed by atoms with Crippen molar-refractivity contribution in [3.63, 3.8) is 0 Å². The third-order valence-electron chi connectivity index (χ3n) is 6.67. The highest BCUT2D eigenvalue weighted by Gasteiger charge is 2.29. The Hall–Kier alpha value is -2.05. The number of piperidine rings is 1. The minimum absolute atomic E-state index is 0.0665. The summed E-state index contributed by atoms with van der Waals surface area (Å²) in [5.74, 6) is 1.67. The fraction of sp³-hybridized carbons (Fsp3) is 0.519. The molecule has 0 bridgehead atoms. The molecule has 4 rings (SSSR count). The number of likely N-dealkylation sites (tertiary alicyclic amines) is 1. The summed E-state index contributed by atoms with van der Waals surface area (Å²) in [4.78, 5) is 16.9. The first kappa shape index (κ1) is 24.1. The maximum Gasteiger partial charge on any atom is 0.318 e. The fourth-order valence-corrected chi connectivity index (χ4v) is 5.29. The molecule has 33 heavy (non-hydrogen) atoms. The van der Waals surface area contributed by atoms with Gasteiger partial charge in [-0.3, -0.25) is 0 Å². The maximum absolute atomic E-state index is 12.4. The molecule has 5 nitrogen and oxygen atoms in total. The molecule has 2 aromatic carbocycles. The van der Waals surface area contributed by atoms with E-state index in [0.717, 1.165) is 44.8 Å². The van der Waals surface area contributed by atoms with Crippen LogP contribution in [0.25, 0.3) is 0 Å². The fourth-order valence-electron chi connectivity index (χ4n) is 4.88. The van der Waals surface area contributed by atoms with Crippen LogP contribution in [-0.2, 0) is 13.0 Å². The largest absolute Gasteiger partial charge is 0.491 e. The number of urea groups is 1. The third-order valence-corrected chi connectivity index (χ3v) is 7.44. The molecule has 2 fully saturated rings. The summed E-state index contributed by atoms with van der Waals surface area (Å²) in [5.41, 5.74) is 2.53. The van der Waals surface area contributed by atoms with Gasteiger partial charge in [0, 0.05) is 30.1 Å². The first-order valence-corrected chi connectivity index (χ1v) is 13.0. The van der Waals surface area contributed by atoms with Crippen molar-refractivity contribution in [2.45, 2.75) is 58.2 Å². The van der Waals surface area contributed by atoms with Crippen LogP contribution < -0.4 is 10.1 Å². The number of hydrogen-bond acceptors (Lipinski definition) is 3. The van der Waals surface area contributed by atoms with Gasteiger partial charge in [-0.05, 0) is 87.9 Å². The molecule has 0 saturated carbocycles. The smallest absolute Gasteiger partial charge is 0.318 e. The second-order valence-corrected chi connectivity index (χ2v) is 10.6. The number of carbonyl (C=O) groups excluding carboxylic acids is 1. The van der Waals surface area contributed by atoms with Crippen LogP contribution in [0.2, 0.25) is 0 Å². The van der Waals surface area contributed by atoms with E-state index in [4.69, 9.17) is 4.74 Å². The number of ether oxygens (including phenoxy) is 1. The zero-order valence-electron chi connectivity index (χ0n) is 19.8. The monoisotopic (exact) mass is 513 g/mol. The molecule has 0 radical (unpaired) electrons. The highest BCUT2D eigenvalue weighted by Crippen LogP contribution is 2.29. The average molecular weight is 515 g/mol. The summed E-state index contributed by atoms with van der Waals surface area (Å²) >= 11 is 3.72. The van der Waals surface area contributed by atoms with Crippen LogP contribution in [0.15, 0.2) is 53.0 Å². The number of hydrogen-bond donors (Lipinski definition) is 1. The predicted molar refractivity (Wildman–Crippen MR) is 137 cm³/mol. The van der Waals surface area contributed by atoms with Crippen LogP contribution >= 0.6 is 15.9 Å². The summed E-state index contributed by atoms with van der Waals surface area (Å²) in [7, 11) is 0. The minimum atomic E-state index is 0.0665. The van der Waals surface area contributed by atoms with Crippen molar-refractivity contribution < 1.29 is 9.53 Å². The number of carbonyl (C=O) groups is 1. The lowest BCUT2D eigenvalue weighted by atomic mass is 9.90. The third kappa shape index (κ3) is 6.97. The molecule has 0 spiro atoms. The molecule has 2 aromatic rings. The van der Waals surface area contributed by atoms with Crippen molar-refractivity contribution in [3.05, 3.63) is 64.1 Å². The van der Waals surface area contributed by atoms with Crippen molar-refractivity contribution in [1.82, 2.24) is 15.1 Å². The standard InChI is InChI=1S/C27H36BrN3O2/c1-20(2)33-25-8-9-26(28)23(17-25)16-21-10-13-30(14-11-21)15-12-24-19-31(27(32)29-24)18-22-6-4-3-5-7-22/h3-9,17,20-21,24H,10-16,18-19H2,1-2H3,(H,29,32). The van der Waals surface area contributed by atoms with Crippen LogP contribution in [0.5, 0.6) is 5.75 Å². The van der Waals surface area contributed by atoms with Gasteiger partial charge in [0.2, 0.25) is 0 Å². The van der Waals surface area contributed by atoms with E-state index in [-0.39, 0.29) is 18.2 Å². The maximum atomic E-state index is 12.4. The molecule has 1 N–H and O–H groups in total. The van der Waals surface area contributed by atoms with Gasteiger partial charge in [0.1, 0.15) is 5.75 Å². The van der Waals surface area contributed by atoms with E-state index < -0.39 is 0 Å². The number of rotatable bonds is 9. The van der Waals surface area contributed by atoms with Crippen LogP contribution in [0, 0.1) is 5.92 Å². The Morgan fingerprint density at radius 2 is 1.88 bits per heavy atom. The van der Waals surface area contributed by atoms with Gasteiger partial charge >= 0.3 is 6.03 Å². The Kier molecular flexibility index (Phi) is 8.31. The first-order chi connectivity index (χ1) is 16.0. The Morgan fingerprint density at radius 3 is 2.61 bits per heavy atom. The van der Waals surface area contributed by atoms with Gasteiger partial charge in [-0.1, -0.05) is 46.3 Å². The van der Waals surface area contributed by atoms with E-state index in [1.807, 2.05) is 29.2 Å². The summed E-state index contributed by atoms with van der Waals surface area (Å²) in [6.07, 6.45) is 4.74. The highest BCUT2D eigenvalue weighted by atomic mass is 79.9. The number of nitrogens with zero attached hydrogens (tertiary/aromatic N) is 2. The van der Waals surface area contributed by atoms with E-state index in [0.29, 0.717) is 12.5 Å². The lowest BCUT2D eigenvalue weighted by Gasteiger charge is -2.32. The minimum Gasteiger partial charge on any atom is -0.491 e. The first-order valence-electron chi connectivity index (χ1n) is 12.2. The summed E-state index contributed by atoms with van der Waals surface area (Å²) < 4.78 is 7.06. The van der Waals surface area contributed by atoms with Crippen molar-refractivity contribution in [2.75, 3.05) is 26.2 Å². The zero-order valence-corrected chi connectivity index (χ0v) is 21.4. The SMILES string of the molecule is CC(C)Oc1ccc(Br)c(CC2CCN(CCC3CN(Cc4ccccc4)C(=O)N3)CC2)c1. The van der Waals surface area contributed by atoms with Gasteiger partial charge < -0.3 is 19.9 Å². The van der Waals surface area contributed by atoms with E-state index in [1.54, 1.807) is 0 Å². The lowest BCUT2D eigenvalue weighted by Crippen LogP contribution is -2.38. The van der Waals surface area contributed by atoms with Gasteiger partial charge in [-0.15, -0.1) is 0 Å². The molecule has 2 amide bonds. The van der Waals surface area contributed by atoms with Crippen LogP contribution in [0.4, 0.5) is 4.79 Å². The number of amides is 2. The number of benzene rings is 2. The van der Waals surface area contributed by atoms with E-state index >= 15 is 0 Å². The molecule has 2 heterocycles. The number of nitrogens with one attached hydrogen (secondary N) is 1. The Bertz CT molecular complexity index is 913. The van der Waals surface area contributed by atoms with Crippen molar-refractivity contribution in [2.24, 2.45) is 5.92 Å². The van der Waals surface area contributed by atoms with E-state index in [1.165, 1.54) is 28.4 Å². The predicted octanol–water partition coefficient (Wildman–Crippen LogP) is 5.47. The van der Waals surface area contributed by atoms with Crippen molar-refractivity contribution >= 4 is 22.0 Å². The normalized spacial score (nSPS) is 19.8. The molecule has 178 valence electrons. The Morgan fingerprint density at radius 1 is 1.12 bits per heavy atom. The van der Waals surface area contributed by atoms with Crippen LogP contribution in [0.3, 0.4) is 0 Å². The number of halogens is 1. The Labute approximate surface area is 206 Å². The molecule has 0 aromatic heterocycles. The molecular formula is C27H36BrN3O2. The van der Waals surface area contributed by atoms with Gasteiger partial charge in [-0.2, -0.15) is 0 Å². The molecule has 2 saturated heterocycles. The van der Waals surface area contributed by atoms with Gasteiger partial charge in [-0.25, -0.2) is 4.79 Å².